The van der Waals surface area contributed by atoms with E-state index in [9.17, 15) is 9.59 Å². The van der Waals surface area contributed by atoms with Gasteiger partial charge in [0.05, 0.1) is 27.8 Å². The van der Waals surface area contributed by atoms with Crippen molar-refractivity contribution in [2.24, 2.45) is 0 Å². The number of pyridine rings is 1. The minimum absolute atomic E-state index is 0.192. The van der Waals surface area contributed by atoms with Crippen molar-refractivity contribution >= 4 is 34.5 Å². The van der Waals surface area contributed by atoms with E-state index in [0.717, 1.165) is 4.88 Å². The molecule has 1 aromatic carbocycles. The molecule has 0 saturated heterocycles. The van der Waals surface area contributed by atoms with Crippen LogP contribution in [0.4, 0.5) is 5.69 Å². The smallest absolute Gasteiger partial charge is 0.278 e. The Balaban J connectivity index is 1.61. The van der Waals surface area contributed by atoms with Crippen LogP contribution in [0.5, 0.6) is 0 Å². The number of rotatable bonds is 6. The second kappa shape index (κ2) is 9.65. The van der Waals surface area contributed by atoms with Gasteiger partial charge in [-0.3, -0.25) is 9.59 Å². The Morgan fingerprint density at radius 1 is 1.00 bits per heavy atom. The Kier molecular flexibility index (Phi) is 6.26. The minimum atomic E-state index is -0.338. The number of nitrogens with zero attached hydrogens (tertiary/aromatic N) is 5. The van der Waals surface area contributed by atoms with Gasteiger partial charge >= 0.3 is 0 Å². The highest BCUT2D eigenvalue weighted by molar-refractivity contribution is 7.16. The molecule has 35 heavy (non-hydrogen) atoms. The summed E-state index contributed by atoms with van der Waals surface area (Å²) in [5.41, 5.74) is 7.98. The number of halogens is 1. The van der Waals surface area contributed by atoms with E-state index in [1.807, 2.05) is 12.1 Å². The van der Waals surface area contributed by atoms with E-state index in [1.54, 1.807) is 67.1 Å². The van der Waals surface area contributed by atoms with Gasteiger partial charge in [-0.1, -0.05) is 29.8 Å². The molecule has 0 aliphatic rings. The number of nitrogens with two attached hydrogens (primary N) is 1. The molecule has 5 rings (SSSR count). The lowest BCUT2D eigenvalue weighted by atomic mass is 10.1. The van der Waals surface area contributed by atoms with Crippen LogP contribution in [-0.2, 0) is 13.0 Å². The molecule has 0 spiro atoms. The van der Waals surface area contributed by atoms with Crippen LogP contribution in [0.15, 0.2) is 84.0 Å². The fourth-order valence-corrected chi connectivity index (χ4v) is 4.81. The van der Waals surface area contributed by atoms with Crippen LogP contribution in [0.25, 0.3) is 11.3 Å². The van der Waals surface area contributed by atoms with Crippen LogP contribution in [0, 0.1) is 0 Å². The zero-order valence-electron chi connectivity index (χ0n) is 18.3. The van der Waals surface area contributed by atoms with Crippen molar-refractivity contribution in [1.29, 1.82) is 0 Å². The topological polar surface area (TPSA) is 109 Å². The van der Waals surface area contributed by atoms with E-state index < -0.39 is 0 Å². The SMILES string of the molecule is Nc1c(-c2cccn(Cc3ncccn3)c2=O)nn(C(=O)c2ccccc2)c1Cc1ccc(Cl)s1. The molecule has 4 aromatic heterocycles. The number of benzene rings is 1. The summed E-state index contributed by atoms with van der Waals surface area (Å²) in [5.74, 6) is 0.162. The van der Waals surface area contributed by atoms with Gasteiger partial charge in [0.1, 0.15) is 11.5 Å². The predicted octanol–water partition coefficient (Wildman–Crippen LogP) is 4.13. The fraction of sp³-hybridized carbons (Fsp3) is 0.0800. The van der Waals surface area contributed by atoms with Crippen molar-refractivity contribution in [2.75, 3.05) is 5.73 Å². The second-order valence-corrected chi connectivity index (χ2v) is 9.49. The summed E-state index contributed by atoms with van der Waals surface area (Å²) in [6, 6.07) is 17.6. The van der Waals surface area contributed by atoms with Gasteiger partial charge in [0.2, 0.25) is 0 Å². The van der Waals surface area contributed by atoms with Crippen LogP contribution in [0.2, 0.25) is 4.34 Å². The summed E-state index contributed by atoms with van der Waals surface area (Å²) < 4.78 is 3.40. The third kappa shape index (κ3) is 4.64. The Morgan fingerprint density at radius 3 is 2.49 bits per heavy atom. The number of nitrogen functional groups attached to an aromatic ring is 1. The molecule has 0 unspecified atom stereocenters. The first-order valence-electron chi connectivity index (χ1n) is 10.7. The number of thiophene rings is 1. The van der Waals surface area contributed by atoms with Crippen molar-refractivity contribution in [3.63, 3.8) is 0 Å². The average molecular weight is 503 g/mol. The highest BCUT2D eigenvalue weighted by Crippen LogP contribution is 2.31. The first-order chi connectivity index (χ1) is 17.0. The van der Waals surface area contributed by atoms with Gasteiger partial charge in [0.15, 0.2) is 0 Å². The van der Waals surface area contributed by atoms with E-state index >= 15 is 0 Å². The summed E-state index contributed by atoms with van der Waals surface area (Å²) in [5, 5.41) is 4.54. The van der Waals surface area contributed by atoms with Crippen molar-refractivity contribution in [2.45, 2.75) is 13.0 Å². The normalized spacial score (nSPS) is 11.0. The molecule has 0 saturated carbocycles. The zero-order chi connectivity index (χ0) is 24.4. The molecular weight excluding hydrogens is 484 g/mol. The maximum Gasteiger partial charge on any atom is 0.278 e. The van der Waals surface area contributed by atoms with E-state index in [-0.39, 0.29) is 35.0 Å². The Hall–Kier alpha value is -4.08. The first kappa shape index (κ1) is 22.7. The van der Waals surface area contributed by atoms with Crippen molar-refractivity contribution in [1.82, 2.24) is 24.3 Å². The lowest BCUT2D eigenvalue weighted by molar-refractivity contribution is 0.0942. The average Bonchev–Trinajstić information content (AvgIpc) is 3.44. The number of carbonyl (C=O) groups is 1. The van der Waals surface area contributed by atoms with Gasteiger partial charge in [-0.2, -0.15) is 9.78 Å². The van der Waals surface area contributed by atoms with Crippen molar-refractivity contribution in [3.8, 4) is 11.3 Å². The van der Waals surface area contributed by atoms with Crippen LogP contribution in [0.3, 0.4) is 0 Å². The van der Waals surface area contributed by atoms with Crippen LogP contribution >= 0.6 is 22.9 Å². The molecule has 10 heteroatoms. The van der Waals surface area contributed by atoms with Gasteiger partial charge in [-0.05, 0) is 42.5 Å². The third-order valence-corrected chi connectivity index (χ3v) is 6.64. The van der Waals surface area contributed by atoms with Gasteiger partial charge in [0, 0.05) is 35.5 Å². The van der Waals surface area contributed by atoms with Gasteiger partial charge < -0.3 is 10.3 Å². The number of hydrogen-bond acceptors (Lipinski definition) is 7. The molecule has 2 N–H and O–H groups in total. The highest BCUT2D eigenvalue weighted by atomic mass is 35.5. The molecular formula is C25H19ClN6O2S. The quantitative estimate of drug-likeness (QED) is 0.374. The molecule has 4 heterocycles. The Bertz CT molecular complexity index is 1560. The van der Waals surface area contributed by atoms with Gasteiger partial charge in [0.25, 0.3) is 11.5 Å². The molecule has 0 aliphatic heterocycles. The third-order valence-electron chi connectivity index (χ3n) is 5.41. The summed E-state index contributed by atoms with van der Waals surface area (Å²) in [7, 11) is 0. The number of aromatic nitrogens is 5. The molecule has 0 atom stereocenters. The van der Waals surface area contributed by atoms with Crippen molar-refractivity contribution < 1.29 is 4.79 Å². The zero-order valence-corrected chi connectivity index (χ0v) is 19.9. The Morgan fingerprint density at radius 2 is 1.77 bits per heavy atom. The molecule has 5 aromatic rings. The van der Waals surface area contributed by atoms with E-state index in [4.69, 9.17) is 17.3 Å². The summed E-state index contributed by atoms with van der Waals surface area (Å²) in [6.45, 7) is 0.192. The number of anilines is 1. The first-order valence-corrected chi connectivity index (χ1v) is 11.9. The fourth-order valence-electron chi connectivity index (χ4n) is 3.72. The Labute approximate surface area is 209 Å². The predicted molar refractivity (Wildman–Crippen MR) is 136 cm³/mol. The molecule has 0 bridgehead atoms. The molecule has 174 valence electrons. The molecule has 0 fully saturated rings. The number of hydrogen-bond donors (Lipinski definition) is 1. The maximum absolute atomic E-state index is 13.4. The second-order valence-electron chi connectivity index (χ2n) is 7.69. The summed E-state index contributed by atoms with van der Waals surface area (Å²) >= 11 is 7.51. The van der Waals surface area contributed by atoms with Crippen LogP contribution in [0.1, 0.15) is 26.8 Å². The number of carbonyl (C=O) groups excluding carboxylic acids is 1. The molecule has 0 radical (unpaired) electrons. The molecule has 0 aliphatic carbocycles. The van der Waals surface area contributed by atoms with Crippen molar-refractivity contribution in [3.05, 3.63) is 116 Å². The highest BCUT2D eigenvalue weighted by Gasteiger charge is 2.24. The van der Waals surface area contributed by atoms with Crippen LogP contribution < -0.4 is 11.3 Å². The maximum atomic E-state index is 13.4. The standard InChI is InChI=1S/C25H19ClN6O2S/c26-20-10-9-17(35-20)14-19-22(27)23(30-32(19)24(33)16-6-2-1-3-7-16)18-8-4-13-31(25(18)34)15-21-28-11-5-12-29-21/h1-13H,14-15,27H2. The monoisotopic (exact) mass is 502 g/mol. The molecule has 0 amide bonds. The lowest BCUT2D eigenvalue weighted by Crippen LogP contribution is -2.23. The van der Waals surface area contributed by atoms with E-state index in [2.05, 4.69) is 15.1 Å². The molecule has 8 nitrogen and oxygen atoms in total. The largest absolute Gasteiger partial charge is 0.395 e. The summed E-state index contributed by atoms with van der Waals surface area (Å²) in [6.07, 6.45) is 5.23. The van der Waals surface area contributed by atoms with Crippen LogP contribution in [-0.4, -0.2) is 30.2 Å². The minimum Gasteiger partial charge on any atom is -0.395 e. The van der Waals surface area contributed by atoms with E-state index in [1.165, 1.54) is 20.6 Å². The van der Waals surface area contributed by atoms with Gasteiger partial charge in [-0.15, -0.1) is 11.3 Å². The lowest BCUT2D eigenvalue weighted by Gasteiger charge is -2.06. The summed E-state index contributed by atoms with van der Waals surface area (Å²) in [4.78, 5) is 36.0. The van der Waals surface area contributed by atoms with E-state index in [0.29, 0.717) is 27.8 Å². The van der Waals surface area contributed by atoms with Gasteiger partial charge in [-0.25, -0.2) is 9.97 Å².